The zero-order valence-electron chi connectivity index (χ0n) is 14.2. The highest BCUT2D eigenvalue weighted by Gasteiger charge is 2.41. The van der Waals surface area contributed by atoms with Crippen LogP contribution in [0.4, 0.5) is 11.4 Å². The van der Waals surface area contributed by atoms with Crippen molar-refractivity contribution in [3.05, 3.63) is 41.3 Å². The van der Waals surface area contributed by atoms with Crippen LogP contribution in [0.1, 0.15) is 23.4 Å². The lowest BCUT2D eigenvalue weighted by Gasteiger charge is -2.32. The van der Waals surface area contributed by atoms with Crippen molar-refractivity contribution in [2.75, 3.05) is 16.8 Å². The number of anilines is 2. The number of hydrogen-bond acceptors (Lipinski definition) is 5. The molecule has 2 N–H and O–H groups in total. The van der Waals surface area contributed by atoms with Gasteiger partial charge in [0, 0.05) is 18.2 Å². The Hall–Kier alpha value is -2.83. The van der Waals surface area contributed by atoms with Crippen molar-refractivity contribution in [2.45, 2.75) is 38.8 Å². The first-order chi connectivity index (χ1) is 12.0. The molecule has 1 fully saturated rings. The van der Waals surface area contributed by atoms with Crippen LogP contribution < -0.4 is 15.5 Å². The van der Waals surface area contributed by atoms with Crippen LogP contribution >= 0.6 is 0 Å². The molecule has 0 bridgehead atoms. The molecule has 1 aromatic heterocycles. The first-order valence-electron chi connectivity index (χ1n) is 8.40. The second-order valence-corrected chi connectivity index (χ2v) is 6.65. The molecule has 2 unspecified atom stereocenters. The van der Waals surface area contributed by atoms with Crippen LogP contribution in [0.25, 0.3) is 0 Å². The minimum Gasteiger partial charge on any atom is -0.361 e. The third kappa shape index (κ3) is 2.75. The highest BCUT2D eigenvalue weighted by atomic mass is 16.5. The number of carbonyl (C=O) groups excluding carboxylic acids is 2. The smallest absolute Gasteiger partial charge is 0.247 e. The number of benzene rings is 1. The molecule has 1 aromatic carbocycles. The van der Waals surface area contributed by atoms with E-state index in [4.69, 9.17) is 4.52 Å². The van der Waals surface area contributed by atoms with E-state index in [0.717, 1.165) is 22.6 Å². The summed E-state index contributed by atoms with van der Waals surface area (Å²) in [4.78, 5) is 26.8. The number of aryl methyl sites for hydroxylation is 2. The Morgan fingerprint density at radius 2 is 2.20 bits per heavy atom. The van der Waals surface area contributed by atoms with E-state index in [0.29, 0.717) is 18.7 Å². The lowest BCUT2D eigenvalue weighted by Crippen LogP contribution is -2.44. The molecule has 0 spiro atoms. The summed E-state index contributed by atoms with van der Waals surface area (Å²) in [5.41, 5.74) is 3.40. The number of nitrogens with zero attached hydrogens (tertiary/aromatic N) is 2. The molecular formula is C18H20N4O3. The number of para-hydroxylation sites is 2. The highest BCUT2D eigenvalue weighted by molar-refractivity contribution is 6.04. The molecule has 4 rings (SSSR count). The molecule has 2 aromatic rings. The van der Waals surface area contributed by atoms with Crippen LogP contribution in [0.3, 0.4) is 0 Å². The quantitative estimate of drug-likeness (QED) is 0.885. The average molecular weight is 340 g/mol. The van der Waals surface area contributed by atoms with Crippen molar-refractivity contribution >= 4 is 23.2 Å². The topological polar surface area (TPSA) is 87.5 Å². The lowest BCUT2D eigenvalue weighted by atomic mass is 10.1. The maximum Gasteiger partial charge on any atom is 0.247 e. The number of amides is 2. The van der Waals surface area contributed by atoms with Crippen molar-refractivity contribution in [1.82, 2.24) is 10.5 Å². The highest BCUT2D eigenvalue weighted by Crippen LogP contribution is 2.36. The standard InChI is InChI=1S/C18H20N4O3/c1-10-13(11(2)25-21-10)8-17(23)19-12-7-16-18(24)20-14-5-3-4-6-15(14)22(16)9-12/h3-6,12,16H,7-9H2,1-2H3,(H,19,23)(H,20,24). The van der Waals surface area contributed by atoms with E-state index in [-0.39, 0.29) is 30.3 Å². The summed E-state index contributed by atoms with van der Waals surface area (Å²) in [6.07, 6.45) is 0.846. The fraction of sp³-hybridized carbons (Fsp3) is 0.389. The Bertz CT molecular complexity index is 825. The summed E-state index contributed by atoms with van der Waals surface area (Å²) in [6.45, 7) is 4.26. The molecule has 2 aliphatic heterocycles. The lowest BCUT2D eigenvalue weighted by molar-refractivity contribution is -0.121. The van der Waals surface area contributed by atoms with Gasteiger partial charge in [-0.25, -0.2) is 0 Å². The number of rotatable bonds is 3. The summed E-state index contributed by atoms with van der Waals surface area (Å²) >= 11 is 0. The molecule has 2 amide bonds. The summed E-state index contributed by atoms with van der Waals surface area (Å²) in [6, 6.07) is 7.45. The summed E-state index contributed by atoms with van der Waals surface area (Å²) in [7, 11) is 0. The maximum atomic E-state index is 12.4. The van der Waals surface area contributed by atoms with E-state index in [2.05, 4.69) is 20.7 Å². The molecule has 0 radical (unpaired) electrons. The molecule has 0 saturated carbocycles. The first-order valence-corrected chi connectivity index (χ1v) is 8.40. The largest absolute Gasteiger partial charge is 0.361 e. The van der Waals surface area contributed by atoms with Gasteiger partial charge in [0.15, 0.2) is 0 Å². The van der Waals surface area contributed by atoms with E-state index in [1.54, 1.807) is 6.92 Å². The van der Waals surface area contributed by atoms with Crippen LogP contribution in [0.5, 0.6) is 0 Å². The zero-order valence-corrected chi connectivity index (χ0v) is 14.2. The Morgan fingerprint density at radius 3 is 2.96 bits per heavy atom. The zero-order chi connectivity index (χ0) is 17.6. The van der Waals surface area contributed by atoms with E-state index in [1.165, 1.54) is 0 Å². The Morgan fingerprint density at radius 1 is 1.40 bits per heavy atom. The van der Waals surface area contributed by atoms with Crippen LogP contribution in [0.2, 0.25) is 0 Å². The molecule has 0 aliphatic carbocycles. The van der Waals surface area contributed by atoms with Gasteiger partial charge < -0.3 is 20.1 Å². The van der Waals surface area contributed by atoms with E-state index in [9.17, 15) is 9.59 Å². The van der Waals surface area contributed by atoms with Gasteiger partial charge in [-0.05, 0) is 32.4 Å². The molecule has 2 atom stereocenters. The molecular weight excluding hydrogens is 320 g/mol. The van der Waals surface area contributed by atoms with Gasteiger partial charge in [-0.2, -0.15) is 0 Å². The molecule has 2 aliphatic rings. The van der Waals surface area contributed by atoms with E-state index < -0.39 is 0 Å². The fourth-order valence-electron chi connectivity index (χ4n) is 3.69. The van der Waals surface area contributed by atoms with E-state index >= 15 is 0 Å². The second kappa shape index (κ2) is 5.91. The predicted octanol–water partition coefficient (Wildman–Crippen LogP) is 1.55. The van der Waals surface area contributed by atoms with Gasteiger partial charge in [0.25, 0.3) is 0 Å². The van der Waals surface area contributed by atoms with Crippen LogP contribution in [0.15, 0.2) is 28.8 Å². The molecule has 3 heterocycles. The van der Waals surface area contributed by atoms with Crippen molar-refractivity contribution in [1.29, 1.82) is 0 Å². The van der Waals surface area contributed by atoms with Gasteiger partial charge in [-0.15, -0.1) is 0 Å². The third-order valence-corrected chi connectivity index (χ3v) is 4.96. The average Bonchev–Trinajstić information content (AvgIpc) is 3.14. The minimum atomic E-state index is -0.237. The van der Waals surface area contributed by atoms with Gasteiger partial charge in [0.05, 0.1) is 23.5 Å². The Kier molecular flexibility index (Phi) is 3.71. The van der Waals surface area contributed by atoms with Crippen LogP contribution in [0, 0.1) is 13.8 Å². The van der Waals surface area contributed by atoms with Crippen molar-refractivity contribution in [3.8, 4) is 0 Å². The number of aromatic nitrogens is 1. The number of carbonyl (C=O) groups is 2. The second-order valence-electron chi connectivity index (χ2n) is 6.65. The monoisotopic (exact) mass is 340 g/mol. The fourth-order valence-corrected chi connectivity index (χ4v) is 3.69. The molecule has 1 saturated heterocycles. The Balaban J connectivity index is 1.46. The molecule has 7 heteroatoms. The van der Waals surface area contributed by atoms with Gasteiger partial charge in [-0.3, -0.25) is 9.59 Å². The Labute approximate surface area is 145 Å². The predicted molar refractivity (Wildman–Crippen MR) is 92.4 cm³/mol. The van der Waals surface area contributed by atoms with Crippen LogP contribution in [-0.2, 0) is 16.0 Å². The van der Waals surface area contributed by atoms with Crippen molar-refractivity contribution in [3.63, 3.8) is 0 Å². The SMILES string of the molecule is Cc1noc(C)c1CC(=O)NC1CC2C(=O)Nc3ccccc3N2C1. The molecule has 130 valence electrons. The maximum absolute atomic E-state index is 12.4. The van der Waals surface area contributed by atoms with Gasteiger partial charge in [0.2, 0.25) is 11.8 Å². The van der Waals surface area contributed by atoms with Crippen molar-refractivity contribution < 1.29 is 14.1 Å². The molecule has 7 nitrogen and oxygen atoms in total. The number of fused-ring (bicyclic) bond motifs is 3. The van der Waals surface area contributed by atoms with E-state index in [1.807, 2.05) is 31.2 Å². The normalized spacial score (nSPS) is 21.5. The summed E-state index contributed by atoms with van der Waals surface area (Å²) in [5.74, 6) is 0.582. The molecule has 25 heavy (non-hydrogen) atoms. The van der Waals surface area contributed by atoms with Gasteiger partial charge in [-0.1, -0.05) is 17.3 Å². The van der Waals surface area contributed by atoms with Crippen molar-refractivity contribution in [2.24, 2.45) is 0 Å². The van der Waals surface area contributed by atoms with Gasteiger partial charge >= 0.3 is 0 Å². The van der Waals surface area contributed by atoms with Crippen LogP contribution in [-0.4, -0.2) is 35.6 Å². The summed E-state index contributed by atoms with van der Waals surface area (Å²) in [5, 5.41) is 9.87. The summed E-state index contributed by atoms with van der Waals surface area (Å²) < 4.78 is 5.11. The number of nitrogens with one attached hydrogen (secondary N) is 2. The third-order valence-electron chi connectivity index (χ3n) is 4.96. The number of hydrogen-bond donors (Lipinski definition) is 2. The minimum absolute atomic E-state index is 0.0128. The van der Waals surface area contributed by atoms with Gasteiger partial charge in [0.1, 0.15) is 11.8 Å². The first kappa shape index (κ1) is 15.7.